The molecule has 142 valence electrons. The Balaban J connectivity index is 0.00000243. The standard InChI is InChI=1S/C22H28ClNO.ClH/c1-22(2,3)24-20-13-16(14-21(20)25)12-15-4-6-17(7-5-15)18-8-10-19(23)11-9-18;/h4-11,16,20-21,24-25H,12-14H2,1-3H3;1H/t16-,20+,21+;/m0./s1. The highest BCUT2D eigenvalue weighted by Gasteiger charge is 2.34. The predicted molar refractivity (Wildman–Crippen MR) is 113 cm³/mol. The van der Waals surface area contributed by atoms with Crippen LogP contribution in [0.1, 0.15) is 39.2 Å². The van der Waals surface area contributed by atoms with Crippen molar-refractivity contribution in [1.82, 2.24) is 5.32 Å². The highest BCUT2D eigenvalue weighted by atomic mass is 35.5. The lowest BCUT2D eigenvalue weighted by Gasteiger charge is -2.27. The van der Waals surface area contributed by atoms with Crippen LogP contribution in [0.5, 0.6) is 0 Å². The molecule has 3 atom stereocenters. The first-order chi connectivity index (χ1) is 11.8. The molecule has 0 unspecified atom stereocenters. The Labute approximate surface area is 168 Å². The molecule has 0 spiro atoms. The molecule has 2 aromatic rings. The Morgan fingerprint density at radius 2 is 1.50 bits per heavy atom. The largest absolute Gasteiger partial charge is 0.391 e. The van der Waals surface area contributed by atoms with Crippen molar-refractivity contribution in [3.63, 3.8) is 0 Å². The van der Waals surface area contributed by atoms with Gasteiger partial charge in [0.25, 0.3) is 0 Å². The number of benzene rings is 2. The van der Waals surface area contributed by atoms with Gasteiger partial charge in [0.05, 0.1) is 6.10 Å². The van der Waals surface area contributed by atoms with Gasteiger partial charge >= 0.3 is 0 Å². The van der Waals surface area contributed by atoms with Gasteiger partial charge in [-0.2, -0.15) is 0 Å². The summed E-state index contributed by atoms with van der Waals surface area (Å²) in [5.74, 6) is 0.538. The Morgan fingerprint density at radius 3 is 2.04 bits per heavy atom. The Hall–Kier alpha value is -1.06. The van der Waals surface area contributed by atoms with E-state index in [1.807, 2.05) is 24.3 Å². The molecule has 0 saturated heterocycles. The van der Waals surface area contributed by atoms with Crippen LogP contribution in [0.2, 0.25) is 5.02 Å². The van der Waals surface area contributed by atoms with Crippen LogP contribution in [0.4, 0.5) is 0 Å². The van der Waals surface area contributed by atoms with Crippen molar-refractivity contribution in [2.45, 2.75) is 57.7 Å². The summed E-state index contributed by atoms with van der Waals surface area (Å²) in [6, 6.07) is 16.9. The van der Waals surface area contributed by atoms with E-state index in [-0.39, 0.29) is 30.1 Å². The second-order valence-corrected chi connectivity index (χ2v) is 8.75. The number of hydrogen-bond donors (Lipinski definition) is 2. The smallest absolute Gasteiger partial charge is 0.0696 e. The van der Waals surface area contributed by atoms with Gasteiger partial charge in [-0.15, -0.1) is 12.4 Å². The summed E-state index contributed by atoms with van der Waals surface area (Å²) < 4.78 is 0. The van der Waals surface area contributed by atoms with Crippen LogP contribution in [0, 0.1) is 5.92 Å². The first-order valence-electron chi connectivity index (χ1n) is 9.11. The number of nitrogens with one attached hydrogen (secondary N) is 1. The van der Waals surface area contributed by atoms with Gasteiger partial charge in [0.1, 0.15) is 0 Å². The fourth-order valence-corrected chi connectivity index (χ4v) is 3.93. The van der Waals surface area contributed by atoms with E-state index in [9.17, 15) is 5.11 Å². The summed E-state index contributed by atoms with van der Waals surface area (Å²) in [4.78, 5) is 0. The molecule has 2 nitrogen and oxygen atoms in total. The summed E-state index contributed by atoms with van der Waals surface area (Å²) >= 11 is 5.96. The molecule has 0 amide bonds. The number of aliphatic hydroxyl groups excluding tert-OH is 1. The maximum atomic E-state index is 10.3. The van der Waals surface area contributed by atoms with Crippen molar-refractivity contribution in [2.75, 3.05) is 0 Å². The summed E-state index contributed by atoms with van der Waals surface area (Å²) in [7, 11) is 0. The lowest BCUT2D eigenvalue weighted by Crippen LogP contribution is -2.47. The summed E-state index contributed by atoms with van der Waals surface area (Å²) in [6.07, 6.45) is 2.71. The molecule has 1 fully saturated rings. The zero-order valence-electron chi connectivity index (χ0n) is 15.7. The van der Waals surface area contributed by atoms with Crippen molar-refractivity contribution >= 4 is 24.0 Å². The molecule has 0 aliphatic heterocycles. The minimum Gasteiger partial charge on any atom is -0.391 e. The zero-order chi connectivity index (χ0) is 18.0. The molecular formula is C22H29Cl2NO. The van der Waals surface area contributed by atoms with Gasteiger partial charge in [0.2, 0.25) is 0 Å². The molecular weight excluding hydrogens is 365 g/mol. The highest BCUT2D eigenvalue weighted by molar-refractivity contribution is 6.30. The van der Waals surface area contributed by atoms with Crippen LogP contribution in [-0.2, 0) is 6.42 Å². The SMILES string of the molecule is CC(C)(C)N[C@@H]1C[C@H](Cc2ccc(-c3ccc(Cl)cc3)cc2)C[C@H]1O.Cl. The molecule has 1 saturated carbocycles. The molecule has 0 heterocycles. The average Bonchev–Trinajstić information content (AvgIpc) is 2.86. The second kappa shape index (κ2) is 8.75. The third-order valence-electron chi connectivity index (χ3n) is 4.90. The molecule has 0 aromatic heterocycles. The number of hydrogen-bond acceptors (Lipinski definition) is 2. The summed E-state index contributed by atoms with van der Waals surface area (Å²) in [6.45, 7) is 6.47. The van der Waals surface area contributed by atoms with Gasteiger partial charge in [-0.25, -0.2) is 0 Å². The minimum absolute atomic E-state index is 0. The fourth-order valence-electron chi connectivity index (χ4n) is 3.81. The van der Waals surface area contributed by atoms with Crippen LogP contribution in [0.3, 0.4) is 0 Å². The monoisotopic (exact) mass is 393 g/mol. The van der Waals surface area contributed by atoms with Gasteiger partial charge in [0.15, 0.2) is 0 Å². The van der Waals surface area contributed by atoms with Crippen molar-refractivity contribution in [2.24, 2.45) is 5.92 Å². The van der Waals surface area contributed by atoms with Crippen LogP contribution in [0.15, 0.2) is 48.5 Å². The van der Waals surface area contributed by atoms with E-state index in [0.717, 1.165) is 24.3 Å². The van der Waals surface area contributed by atoms with Gasteiger partial charge < -0.3 is 10.4 Å². The number of aliphatic hydroxyl groups is 1. The molecule has 0 bridgehead atoms. The van der Waals surface area contributed by atoms with Crippen molar-refractivity contribution in [1.29, 1.82) is 0 Å². The number of rotatable bonds is 4. The van der Waals surface area contributed by atoms with Crippen molar-refractivity contribution in [3.8, 4) is 11.1 Å². The second-order valence-electron chi connectivity index (χ2n) is 8.31. The average molecular weight is 394 g/mol. The van der Waals surface area contributed by atoms with E-state index in [1.54, 1.807) is 0 Å². The lowest BCUT2D eigenvalue weighted by atomic mass is 9.95. The molecule has 1 aliphatic carbocycles. The Morgan fingerprint density at radius 1 is 0.962 bits per heavy atom. The van der Waals surface area contributed by atoms with Crippen LogP contribution >= 0.6 is 24.0 Å². The van der Waals surface area contributed by atoms with E-state index in [0.29, 0.717) is 5.92 Å². The van der Waals surface area contributed by atoms with Crippen molar-refractivity contribution in [3.05, 3.63) is 59.1 Å². The van der Waals surface area contributed by atoms with E-state index in [4.69, 9.17) is 11.6 Å². The first kappa shape index (κ1) is 21.2. The molecule has 0 radical (unpaired) electrons. The number of halogens is 2. The van der Waals surface area contributed by atoms with Gasteiger partial charge in [-0.3, -0.25) is 0 Å². The lowest BCUT2D eigenvalue weighted by molar-refractivity contribution is 0.133. The van der Waals surface area contributed by atoms with Crippen molar-refractivity contribution < 1.29 is 5.11 Å². The van der Waals surface area contributed by atoms with Gasteiger partial charge in [-0.1, -0.05) is 48.0 Å². The van der Waals surface area contributed by atoms with Crippen LogP contribution in [0.25, 0.3) is 11.1 Å². The predicted octanol–water partition coefficient (Wildman–Crippen LogP) is 5.50. The molecule has 4 heteroatoms. The first-order valence-corrected chi connectivity index (χ1v) is 9.48. The molecule has 1 aliphatic rings. The maximum Gasteiger partial charge on any atom is 0.0696 e. The van der Waals surface area contributed by atoms with E-state index < -0.39 is 0 Å². The van der Waals surface area contributed by atoms with Gasteiger partial charge in [0, 0.05) is 16.6 Å². The minimum atomic E-state index is -0.238. The molecule has 2 N–H and O–H groups in total. The van der Waals surface area contributed by atoms with E-state index in [2.05, 4.69) is 50.4 Å². The molecule has 3 rings (SSSR count). The maximum absolute atomic E-state index is 10.3. The van der Waals surface area contributed by atoms with E-state index >= 15 is 0 Å². The zero-order valence-corrected chi connectivity index (χ0v) is 17.3. The summed E-state index contributed by atoms with van der Waals surface area (Å²) in [5.41, 5.74) is 3.77. The van der Waals surface area contributed by atoms with E-state index in [1.165, 1.54) is 16.7 Å². The highest BCUT2D eigenvalue weighted by Crippen LogP contribution is 2.31. The topological polar surface area (TPSA) is 32.3 Å². The Kier molecular flexibility index (Phi) is 7.15. The third kappa shape index (κ3) is 5.72. The molecule has 2 aromatic carbocycles. The third-order valence-corrected chi connectivity index (χ3v) is 5.15. The fraction of sp³-hybridized carbons (Fsp3) is 0.455. The van der Waals surface area contributed by atoms with Gasteiger partial charge in [-0.05, 0) is 74.8 Å². The summed E-state index contributed by atoms with van der Waals surface area (Å²) in [5, 5.41) is 14.7. The normalized spacial score (nSPS) is 22.9. The molecule has 26 heavy (non-hydrogen) atoms. The van der Waals surface area contributed by atoms with Crippen LogP contribution < -0.4 is 5.32 Å². The Bertz CT molecular complexity index is 692. The quantitative estimate of drug-likeness (QED) is 0.718. The van der Waals surface area contributed by atoms with Crippen LogP contribution in [-0.4, -0.2) is 22.8 Å².